The Kier molecular flexibility index (Phi) is 2.91. The standard InChI is InChI=1S/C16H21N3O/c20-16(17-13-5-6-13)19-10-9-18-8-7-12-3-1-2-4-14(12)15(18)11-19/h1-4,13,15H,5-11H2,(H,17,20). The molecule has 1 aliphatic carbocycles. The van der Waals surface area contributed by atoms with Crippen LogP contribution >= 0.6 is 0 Å². The van der Waals surface area contributed by atoms with Gasteiger partial charge < -0.3 is 10.2 Å². The van der Waals surface area contributed by atoms with Crippen LogP contribution in [0.3, 0.4) is 0 Å². The van der Waals surface area contributed by atoms with Crippen LogP contribution in [0.1, 0.15) is 30.0 Å². The monoisotopic (exact) mass is 271 g/mol. The summed E-state index contributed by atoms with van der Waals surface area (Å²) in [6.45, 7) is 3.81. The molecule has 0 spiro atoms. The van der Waals surface area contributed by atoms with E-state index in [2.05, 4.69) is 34.5 Å². The summed E-state index contributed by atoms with van der Waals surface area (Å²) in [6, 6.07) is 9.66. The smallest absolute Gasteiger partial charge is 0.317 e. The Balaban J connectivity index is 1.52. The molecule has 2 heterocycles. The van der Waals surface area contributed by atoms with Gasteiger partial charge in [-0.15, -0.1) is 0 Å². The van der Waals surface area contributed by atoms with Crippen molar-refractivity contribution in [2.24, 2.45) is 0 Å². The Hall–Kier alpha value is -1.55. The third-order valence-electron chi connectivity index (χ3n) is 4.77. The van der Waals surface area contributed by atoms with Crippen molar-refractivity contribution < 1.29 is 4.79 Å². The summed E-state index contributed by atoms with van der Waals surface area (Å²) in [6.07, 6.45) is 3.44. The van der Waals surface area contributed by atoms with E-state index in [1.54, 1.807) is 0 Å². The van der Waals surface area contributed by atoms with Crippen LogP contribution in [0.2, 0.25) is 0 Å². The summed E-state index contributed by atoms with van der Waals surface area (Å²) in [7, 11) is 0. The summed E-state index contributed by atoms with van der Waals surface area (Å²) in [5.74, 6) is 0. The second kappa shape index (κ2) is 4.77. The highest BCUT2D eigenvalue weighted by Gasteiger charge is 2.35. The Bertz CT molecular complexity index is 526. The maximum atomic E-state index is 12.2. The van der Waals surface area contributed by atoms with Gasteiger partial charge in [-0.1, -0.05) is 24.3 Å². The van der Waals surface area contributed by atoms with E-state index < -0.39 is 0 Å². The van der Waals surface area contributed by atoms with Crippen molar-refractivity contribution in [2.45, 2.75) is 31.3 Å². The summed E-state index contributed by atoms with van der Waals surface area (Å²) in [5.41, 5.74) is 2.88. The van der Waals surface area contributed by atoms with Gasteiger partial charge in [-0.05, 0) is 30.4 Å². The quantitative estimate of drug-likeness (QED) is 0.845. The zero-order valence-corrected chi connectivity index (χ0v) is 11.7. The minimum atomic E-state index is 0.134. The number of urea groups is 1. The Morgan fingerprint density at radius 3 is 2.85 bits per heavy atom. The molecule has 2 aliphatic heterocycles. The highest BCUT2D eigenvalue weighted by Crippen LogP contribution is 2.32. The minimum Gasteiger partial charge on any atom is -0.335 e. The van der Waals surface area contributed by atoms with Gasteiger partial charge in [0, 0.05) is 32.2 Å². The van der Waals surface area contributed by atoms with Crippen LogP contribution in [0.4, 0.5) is 4.79 Å². The average Bonchev–Trinajstić information content (AvgIpc) is 3.30. The first kappa shape index (κ1) is 12.2. The number of hydrogen-bond acceptors (Lipinski definition) is 2. The molecule has 4 rings (SSSR count). The number of rotatable bonds is 1. The van der Waals surface area contributed by atoms with Crippen molar-refractivity contribution in [3.05, 3.63) is 35.4 Å². The molecule has 106 valence electrons. The first-order valence-corrected chi connectivity index (χ1v) is 7.68. The maximum absolute atomic E-state index is 12.2. The van der Waals surface area contributed by atoms with Gasteiger partial charge in [-0.3, -0.25) is 4.90 Å². The third kappa shape index (κ3) is 2.18. The van der Waals surface area contributed by atoms with Crippen LogP contribution in [-0.4, -0.2) is 48.1 Å². The third-order valence-corrected chi connectivity index (χ3v) is 4.77. The van der Waals surface area contributed by atoms with E-state index in [1.165, 1.54) is 11.1 Å². The lowest BCUT2D eigenvalue weighted by molar-refractivity contribution is 0.0826. The number of nitrogens with zero attached hydrogens (tertiary/aromatic N) is 2. The van der Waals surface area contributed by atoms with Gasteiger partial charge in [0.25, 0.3) is 0 Å². The van der Waals surface area contributed by atoms with Crippen LogP contribution in [-0.2, 0) is 6.42 Å². The van der Waals surface area contributed by atoms with Gasteiger partial charge in [-0.25, -0.2) is 4.79 Å². The number of carbonyl (C=O) groups excluding carboxylic acids is 1. The van der Waals surface area contributed by atoms with E-state index in [9.17, 15) is 4.79 Å². The Labute approximate surface area is 119 Å². The van der Waals surface area contributed by atoms with E-state index >= 15 is 0 Å². The molecule has 3 aliphatic rings. The summed E-state index contributed by atoms with van der Waals surface area (Å²) in [5, 5.41) is 3.11. The van der Waals surface area contributed by atoms with Crippen molar-refractivity contribution in [1.82, 2.24) is 15.1 Å². The molecule has 20 heavy (non-hydrogen) atoms. The van der Waals surface area contributed by atoms with Crippen LogP contribution in [0.15, 0.2) is 24.3 Å². The van der Waals surface area contributed by atoms with Crippen LogP contribution in [0.5, 0.6) is 0 Å². The normalized spacial score (nSPS) is 25.8. The summed E-state index contributed by atoms with van der Waals surface area (Å²) >= 11 is 0. The second-order valence-corrected chi connectivity index (χ2v) is 6.17. The molecule has 4 nitrogen and oxygen atoms in total. The molecule has 0 radical (unpaired) electrons. The van der Waals surface area contributed by atoms with Crippen molar-refractivity contribution >= 4 is 6.03 Å². The zero-order valence-electron chi connectivity index (χ0n) is 11.7. The number of piperazine rings is 1. The van der Waals surface area contributed by atoms with Crippen molar-refractivity contribution in [3.8, 4) is 0 Å². The van der Waals surface area contributed by atoms with Crippen LogP contribution in [0, 0.1) is 0 Å². The van der Waals surface area contributed by atoms with E-state index in [0.29, 0.717) is 12.1 Å². The van der Waals surface area contributed by atoms with E-state index in [1.807, 2.05) is 4.90 Å². The number of nitrogens with one attached hydrogen (secondary N) is 1. The van der Waals surface area contributed by atoms with Gasteiger partial charge in [0.1, 0.15) is 0 Å². The highest BCUT2D eigenvalue weighted by atomic mass is 16.2. The minimum absolute atomic E-state index is 0.134. The molecule has 1 aromatic rings. The Morgan fingerprint density at radius 2 is 2.00 bits per heavy atom. The topological polar surface area (TPSA) is 35.6 Å². The molecule has 4 heteroatoms. The molecule has 1 aromatic carbocycles. The van der Waals surface area contributed by atoms with E-state index in [-0.39, 0.29) is 6.03 Å². The first-order valence-electron chi connectivity index (χ1n) is 7.68. The fourth-order valence-corrected chi connectivity index (χ4v) is 3.41. The number of hydrogen-bond donors (Lipinski definition) is 1. The fourth-order valence-electron chi connectivity index (χ4n) is 3.41. The molecule has 1 saturated heterocycles. The summed E-state index contributed by atoms with van der Waals surface area (Å²) in [4.78, 5) is 16.8. The lowest BCUT2D eigenvalue weighted by Crippen LogP contribution is -2.54. The number of carbonyl (C=O) groups is 1. The maximum Gasteiger partial charge on any atom is 0.317 e. The predicted molar refractivity (Wildman–Crippen MR) is 77.6 cm³/mol. The van der Waals surface area contributed by atoms with Gasteiger partial charge >= 0.3 is 6.03 Å². The number of amides is 2. The fraction of sp³-hybridized carbons (Fsp3) is 0.562. The lowest BCUT2D eigenvalue weighted by atomic mass is 9.91. The lowest BCUT2D eigenvalue weighted by Gasteiger charge is -2.44. The van der Waals surface area contributed by atoms with Gasteiger partial charge in [0.05, 0.1) is 6.04 Å². The largest absolute Gasteiger partial charge is 0.335 e. The Morgan fingerprint density at radius 1 is 1.15 bits per heavy atom. The van der Waals surface area contributed by atoms with Gasteiger partial charge in [-0.2, -0.15) is 0 Å². The molecule has 1 unspecified atom stereocenters. The molecule has 1 N–H and O–H groups in total. The highest BCUT2D eigenvalue weighted by molar-refractivity contribution is 5.75. The predicted octanol–water partition coefficient (Wildman–Crippen LogP) is 1.77. The van der Waals surface area contributed by atoms with Crippen molar-refractivity contribution in [3.63, 3.8) is 0 Å². The van der Waals surface area contributed by atoms with E-state index in [4.69, 9.17) is 0 Å². The van der Waals surface area contributed by atoms with Crippen LogP contribution < -0.4 is 5.32 Å². The molecule has 0 aromatic heterocycles. The number of benzene rings is 1. The molecule has 0 bridgehead atoms. The molecular weight excluding hydrogens is 250 g/mol. The second-order valence-electron chi connectivity index (χ2n) is 6.17. The van der Waals surface area contributed by atoms with Gasteiger partial charge in [0.2, 0.25) is 0 Å². The zero-order chi connectivity index (χ0) is 13.5. The molecule has 2 fully saturated rings. The van der Waals surface area contributed by atoms with Gasteiger partial charge in [0.15, 0.2) is 0 Å². The van der Waals surface area contributed by atoms with Crippen molar-refractivity contribution in [2.75, 3.05) is 26.2 Å². The molecule has 1 atom stereocenters. The van der Waals surface area contributed by atoms with Crippen molar-refractivity contribution in [1.29, 1.82) is 0 Å². The molecule has 2 amide bonds. The average molecular weight is 271 g/mol. The SMILES string of the molecule is O=C(NC1CC1)N1CCN2CCc3ccccc3C2C1. The summed E-state index contributed by atoms with van der Waals surface area (Å²) < 4.78 is 0. The number of fused-ring (bicyclic) bond motifs is 3. The molecular formula is C16H21N3O. The first-order chi connectivity index (χ1) is 9.81. The van der Waals surface area contributed by atoms with Crippen LogP contribution in [0.25, 0.3) is 0 Å². The molecule has 1 saturated carbocycles. The van der Waals surface area contributed by atoms with E-state index in [0.717, 1.165) is 45.4 Å².